The molecule has 0 aliphatic carbocycles. The van der Waals surface area contributed by atoms with Crippen LogP contribution in [0.1, 0.15) is 17.2 Å². The lowest BCUT2D eigenvalue weighted by Crippen LogP contribution is -2.32. The van der Waals surface area contributed by atoms with Crippen LogP contribution >= 0.6 is 0 Å². The molecule has 0 fully saturated rings. The topological polar surface area (TPSA) is 71.9 Å². The Hall–Kier alpha value is -1.79. The number of hydrogen-bond acceptors (Lipinski definition) is 6. The zero-order chi connectivity index (χ0) is 14.5. The van der Waals surface area contributed by atoms with Gasteiger partial charge >= 0.3 is 0 Å². The number of aliphatic hydroxyl groups excluding tert-OH is 1. The van der Waals surface area contributed by atoms with E-state index in [1.807, 2.05) is 31.9 Å². The van der Waals surface area contributed by atoms with Gasteiger partial charge in [-0.3, -0.25) is 0 Å². The van der Waals surface area contributed by atoms with Gasteiger partial charge in [-0.25, -0.2) is 0 Å². The molecule has 2 rings (SSSR count). The summed E-state index contributed by atoms with van der Waals surface area (Å²) in [5.41, 5.74) is 1.73. The van der Waals surface area contributed by atoms with E-state index in [2.05, 4.69) is 5.16 Å². The van der Waals surface area contributed by atoms with Crippen molar-refractivity contribution >= 4 is 5.69 Å². The van der Waals surface area contributed by atoms with E-state index in [0.29, 0.717) is 13.2 Å². The molecular formula is C14H20N2O4. The fourth-order valence-electron chi connectivity index (χ4n) is 2.17. The average Bonchev–Trinajstić information content (AvgIpc) is 2.99. The number of aromatic nitrogens is 1. The fourth-order valence-corrected chi connectivity index (χ4v) is 2.17. The van der Waals surface area contributed by atoms with Crippen LogP contribution in [0, 0.1) is 13.8 Å². The number of aliphatic hydroxyl groups is 1. The Bertz CT molecular complexity index is 502. The zero-order valence-corrected chi connectivity index (χ0v) is 12.0. The van der Waals surface area contributed by atoms with E-state index in [9.17, 15) is 5.11 Å². The summed E-state index contributed by atoms with van der Waals surface area (Å²) in [6, 6.07) is 3.64. The molecular weight excluding hydrogens is 260 g/mol. The number of nitrogens with zero attached hydrogens (tertiary/aromatic N) is 2. The number of ether oxygens (including phenoxy) is 1. The Morgan fingerprint density at radius 3 is 2.85 bits per heavy atom. The van der Waals surface area contributed by atoms with Crippen LogP contribution in [0.3, 0.4) is 0 Å². The fraction of sp³-hybridized carbons (Fsp3) is 0.500. The summed E-state index contributed by atoms with van der Waals surface area (Å²) >= 11 is 0. The number of likely N-dealkylation sites (N-methyl/N-ethyl adjacent to an activating group) is 1. The van der Waals surface area contributed by atoms with Gasteiger partial charge in [-0.05, 0) is 26.0 Å². The van der Waals surface area contributed by atoms with Crippen LogP contribution in [0.5, 0.6) is 0 Å². The Kier molecular flexibility index (Phi) is 4.81. The number of aryl methyl sites for hydroxylation is 2. The minimum absolute atomic E-state index is 0.244. The third-order valence-electron chi connectivity index (χ3n) is 3.00. The number of anilines is 1. The van der Waals surface area contributed by atoms with Crippen LogP contribution in [-0.2, 0) is 11.3 Å². The van der Waals surface area contributed by atoms with Gasteiger partial charge in [0.2, 0.25) is 0 Å². The molecule has 2 aromatic rings. The van der Waals surface area contributed by atoms with Gasteiger partial charge in [0, 0.05) is 13.6 Å². The second-order valence-electron chi connectivity index (χ2n) is 4.80. The normalized spacial score (nSPS) is 12.6. The second kappa shape index (κ2) is 6.58. The standard InChI is InChI=1S/C14H20N2O4/c1-10-14(11(2)20-15-10)16(3)7-12(17)8-18-9-13-5-4-6-19-13/h4-6,12,17H,7-9H2,1-3H3. The Balaban J connectivity index is 1.78. The maximum atomic E-state index is 9.98. The monoisotopic (exact) mass is 280 g/mol. The van der Waals surface area contributed by atoms with E-state index in [1.165, 1.54) is 0 Å². The van der Waals surface area contributed by atoms with Crippen LogP contribution in [0.4, 0.5) is 5.69 Å². The summed E-state index contributed by atoms with van der Waals surface area (Å²) in [5, 5.41) is 13.9. The minimum Gasteiger partial charge on any atom is -0.467 e. The number of furan rings is 1. The van der Waals surface area contributed by atoms with Crippen molar-refractivity contribution in [3.63, 3.8) is 0 Å². The minimum atomic E-state index is -0.594. The first-order valence-electron chi connectivity index (χ1n) is 6.50. The van der Waals surface area contributed by atoms with E-state index in [4.69, 9.17) is 13.7 Å². The highest BCUT2D eigenvalue weighted by molar-refractivity contribution is 5.52. The molecule has 1 atom stereocenters. The number of rotatable bonds is 7. The SMILES string of the molecule is Cc1noc(C)c1N(C)CC(O)COCc1ccco1. The van der Waals surface area contributed by atoms with Crippen molar-refractivity contribution in [2.45, 2.75) is 26.6 Å². The first kappa shape index (κ1) is 14.6. The molecule has 1 N–H and O–H groups in total. The van der Waals surface area contributed by atoms with Crippen molar-refractivity contribution in [2.75, 3.05) is 25.1 Å². The summed E-state index contributed by atoms with van der Waals surface area (Å²) in [6.45, 7) is 4.78. The molecule has 110 valence electrons. The van der Waals surface area contributed by atoms with Crippen LogP contribution in [0.15, 0.2) is 27.3 Å². The van der Waals surface area contributed by atoms with Crippen molar-refractivity contribution in [1.29, 1.82) is 0 Å². The van der Waals surface area contributed by atoms with Gasteiger partial charge in [0.15, 0.2) is 5.76 Å². The molecule has 2 heterocycles. The lowest BCUT2D eigenvalue weighted by atomic mass is 10.2. The lowest BCUT2D eigenvalue weighted by molar-refractivity contribution is 0.0260. The molecule has 6 nitrogen and oxygen atoms in total. The lowest BCUT2D eigenvalue weighted by Gasteiger charge is -2.22. The molecule has 0 aliphatic rings. The summed E-state index contributed by atoms with van der Waals surface area (Å²) in [6.07, 6.45) is 1.00. The van der Waals surface area contributed by atoms with Crippen molar-refractivity contribution in [3.8, 4) is 0 Å². The molecule has 6 heteroatoms. The van der Waals surface area contributed by atoms with Crippen LogP contribution in [-0.4, -0.2) is 36.6 Å². The van der Waals surface area contributed by atoms with Gasteiger partial charge in [-0.1, -0.05) is 5.16 Å². The molecule has 0 amide bonds. The predicted octanol–water partition coefficient (Wildman–Crippen LogP) is 1.90. The molecule has 0 aliphatic heterocycles. The largest absolute Gasteiger partial charge is 0.467 e. The molecule has 20 heavy (non-hydrogen) atoms. The molecule has 0 aromatic carbocycles. The highest BCUT2D eigenvalue weighted by Gasteiger charge is 2.16. The van der Waals surface area contributed by atoms with Crippen molar-refractivity contribution in [2.24, 2.45) is 0 Å². The summed E-state index contributed by atoms with van der Waals surface area (Å²) in [5.74, 6) is 1.49. The third kappa shape index (κ3) is 3.61. The maximum absolute atomic E-state index is 9.98. The highest BCUT2D eigenvalue weighted by atomic mass is 16.5. The predicted molar refractivity (Wildman–Crippen MR) is 73.6 cm³/mol. The van der Waals surface area contributed by atoms with Gasteiger partial charge in [0.05, 0.1) is 19.0 Å². The maximum Gasteiger partial charge on any atom is 0.157 e. The highest BCUT2D eigenvalue weighted by Crippen LogP contribution is 2.22. The number of hydrogen-bond donors (Lipinski definition) is 1. The quantitative estimate of drug-likeness (QED) is 0.835. The van der Waals surface area contributed by atoms with Crippen LogP contribution in [0.2, 0.25) is 0 Å². The summed E-state index contributed by atoms with van der Waals surface area (Å²) in [4.78, 5) is 1.92. The second-order valence-corrected chi connectivity index (χ2v) is 4.80. The average molecular weight is 280 g/mol. The van der Waals surface area contributed by atoms with Crippen LogP contribution in [0.25, 0.3) is 0 Å². The van der Waals surface area contributed by atoms with Crippen molar-refractivity contribution in [3.05, 3.63) is 35.6 Å². The summed E-state index contributed by atoms with van der Waals surface area (Å²) < 4.78 is 15.7. The smallest absolute Gasteiger partial charge is 0.157 e. The molecule has 1 unspecified atom stereocenters. The van der Waals surface area contributed by atoms with Crippen molar-refractivity contribution < 1.29 is 18.8 Å². The third-order valence-corrected chi connectivity index (χ3v) is 3.00. The van der Waals surface area contributed by atoms with E-state index >= 15 is 0 Å². The first-order chi connectivity index (χ1) is 9.58. The Morgan fingerprint density at radius 2 is 2.25 bits per heavy atom. The van der Waals surface area contributed by atoms with Crippen LogP contribution < -0.4 is 4.90 Å². The van der Waals surface area contributed by atoms with Gasteiger partial charge in [-0.2, -0.15) is 0 Å². The Morgan fingerprint density at radius 1 is 1.45 bits per heavy atom. The van der Waals surface area contributed by atoms with Crippen molar-refractivity contribution in [1.82, 2.24) is 5.16 Å². The molecule has 0 radical (unpaired) electrons. The molecule has 0 bridgehead atoms. The van der Waals surface area contributed by atoms with Gasteiger partial charge in [0.25, 0.3) is 0 Å². The van der Waals surface area contributed by atoms with E-state index in [-0.39, 0.29) is 6.61 Å². The van der Waals surface area contributed by atoms with E-state index in [1.54, 1.807) is 12.3 Å². The van der Waals surface area contributed by atoms with Gasteiger partial charge in [0.1, 0.15) is 23.7 Å². The molecule has 0 saturated heterocycles. The molecule has 0 saturated carbocycles. The Labute approximate surface area is 117 Å². The molecule has 2 aromatic heterocycles. The van der Waals surface area contributed by atoms with Gasteiger partial charge in [-0.15, -0.1) is 0 Å². The zero-order valence-electron chi connectivity index (χ0n) is 12.0. The first-order valence-corrected chi connectivity index (χ1v) is 6.50. The van der Waals surface area contributed by atoms with E-state index in [0.717, 1.165) is 22.9 Å². The molecule has 0 spiro atoms. The van der Waals surface area contributed by atoms with Gasteiger partial charge < -0.3 is 23.7 Å². The summed E-state index contributed by atoms with van der Waals surface area (Å²) in [7, 11) is 1.89. The van der Waals surface area contributed by atoms with E-state index < -0.39 is 6.10 Å².